The molecular formula is C21H18F4N4O2. The third-order valence-electron chi connectivity index (χ3n) is 4.39. The van der Waals surface area contributed by atoms with Gasteiger partial charge in [0, 0.05) is 25.0 Å². The maximum absolute atomic E-state index is 13.9. The summed E-state index contributed by atoms with van der Waals surface area (Å²) >= 11 is 0. The zero-order valence-corrected chi connectivity index (χ0v) is 16.4. The lowest BCUT2D eigenvalue weighted by Crippen LogP contribution is -2.40. The van der Waals surface area contributed by atoms with Gasteiger partial charge in [-0.25, -0.2) is 9.07 Å². The Morgan fingerprint density at radius 3 is 2.52 bits per heavy atom. The van der Waals surface area contributed by atoms with E-state index in [2.05, 4.69) is 10.4 Å². The number of carbonyl (C=O) groups excluding carboxylic acids is 2. The zero-order chi connectivity index (χ0) is 22.6. The number of amides is 2. The van der Waals surface area contributed by atoms with Gasteiger partial charge in [0.15, 0.2) is 5.69 Å². The van der Waals surface area contributed by atoms with E-state index in [1.54, 1.807) is 24.3 Å². The number of nitrogens with one attached hydrogen (secondary N) is 1. The molecule has 3 rings (SSSR count). The largest absolute Gasteiger partial charge is 0.471 e. The molecule has 162 valence electrons. The summed E-state index contributed by atoms with van der Waals surface area (Å²) in [5.74, 6) is -3.01. The minimum Gasteiger partial charge on any atom is -0.331 e. The first kappa shape index (κ1) is 22.0. The van der Waals surface area contributed by atoms with E-state index in [4.69, 9.17) is 0 Å². The van der Waals surface area contributed by atoms with Gasteiger partial charge in [-0.2, -0.15) is 18.3 Å². The fourth-order valence-electron chi connectivity index (χ4n) is 2.89. The Kier molecular flexibility index (Phi) is 6.38. The first-order valence-corrected chi connectivity index (χ1v) is 9.26. The van der Waals surface area contributed by atoms with Gasteiger partial charge >= 0.3 is 12.1 Å². The van der Waals surface area contributed by atoms with Gasteiger partial charge < -0.3 is 10.2 Å². The lowest BCUT2D eigenvalue weighted by molar-refractivity contribution is -0.185. The normalized spacial score (nSPS) is 11.3. The molecule has 2 amide bonds. The predicted octanol–water partition coefficient (Wildman–Crippen LogP) is 4.17. The molecule has 2 aromatic carbocycles. The highest BCUT2D eigenvalue weighted by molar-refractivity contribution is 6.02. The van der Waals surface area contributed by atoms with E-state index in [-0.39, 0.29) is 24.5 Å². The van der Waals surface area contributed by atoms with E-state index >= 15 is 0 Å². The number of rotatable bonds is 6. The molecule has 1 heterocycles. The Balaban J connectivity index is 1.72. The number of benzene rings is 2. The van der Waals surface area contributed by atoms with E-state index in [1.807, 2.05) is 0 Å². The van der Waals surface area contributed by atoms with E-state index < -0.39 is 23.8 Å². The van der Waals surface area contributed by atoms with Gasteiger partial charge in [-0.1, -0.05) is 24.3 Å². The van der Waals surface area contributed by atoms with Crippen molar-refractivity contribution in [3.63, 3.8) is 0 Å². The molecule has 0 atom stereocenters. The van der Waals surface area contributed by atoms with Crippen LogP contribution in [0.15, 0.2) is 60.8 Å². The number of hydrogen-bond donors (Lipinski definition) is 1. The topological polar surface area (TPSA) is 67.2 Å². The van der Waals surface area contributed by atoms with Crippen molar-refractivity contribution in [1.29, 1.82) is 0 Å². The smallest absolute Gasteiger partial charge is 0.331 e. The third-order valence-corrected chi connectivity index (χ3v) is 4.39. The molecule has 0 spiro atoms. The first-order valence-electron chi connectivity index (χ1n) is 9.26. The number of halogens is 4. The number of para-hydroxylation sites is 1. The second kappa shape index (κ2) is 8.99. The highest BCUT2D eigenvalue weighted by atomic mass is 19.4. The van der Waals surface area contributed by atoms with Gasteiger partial charge in [-0.05, 0) is 42.8 Å². The van der Waals surface area contributed by atoms with Crippen LogP contribution in [0.4, 0.5) is 23.2 Å². The average molecular weight is 434 g/mol. The van der Waals surface area contributed by atoms with Gasteiger partial charge in [0.25, 0.3) is 5.91 Å². The molecule has 0 aliphatic heterocycles. The molecule has 3 aromatic rings. The minimum absolute atomic E-state index is 0.0242. The summed E-state index contributed by atoms with van der Waals surface area (Å²) in [4.78, 5) is 24.6. The average Bonchev–Trinajstić information content (AvgIpc) is 3.21. The standard InChI is InChI=1S/C21H18F4N4O2/c1-2-28(20(31)21(23,24)25)13-14-6-5-7-15(12-14)26-19(30)17-10-11-29(27-17)18-9-4-3-8-16(18)22/h3-12H,2,13H2,1H3,(H,26,30). The molecule has 31 heavy (non-hydrogen) atoms. The maximum Gasteiger partial charge on any atom is 0.471 e. The van der Waals surface area contributed by atoms with Crippen molar-refractivity contribution >= 4 is 17.5 Å². The summed E-state index contributed by atoms with van der Waals surface area (Å²) in [6, 6.07) is 13.5. The third kappa shape index (κ3) is 5.27. The van der Waals surface area contributed by atoms with Gasteiger partial charge in [0.2, 0.25) is 0 Å². The van der Waals surface area contributed by atoms with E-state index in [0.717, 1.165) is 0 Å². The number of nitrogens with zero attached hydrogens (tertiary/aromatic N) is 3. The Morgan fingerprint density at radius 1 is 1.10 bits per heavy atom. The van der Waals surface area contributed by atoms with Crippen molar-refractivity contribution in [2.75, 3.05) is 11.9 Å². The van der Waals surface area contributed by atoms with E-state index in [0.29, 0.717) is 16.2 Å². The molecule has 1 aromatic heterocycles. The van der Waals surface area contributed by atoms with Crippen molar-refractivity contribution in [2.24, 2.45) is 0 Å². The van der Waals surface area contributed by atoms with Crippen LogP contribution in [0, 0.1) is 5.82 Å². The molecule has 0 saturated heterocycles. The van der Waals surface area contributed by atoms with Crippen molar-refractivity contribution in [1.82, 2.24) is 14.7 Å². The summed E-state index contributed by atoms with van der Waals surface area (Å²) in [6.45, 7) is 1.06. The van der Waals surface area contributed by atoms with Crippen LogP contribution in [0.1, 0.15) is 23.0 Å². The Hall–Kier alpha value is -3.69. The van der Waals surface area contributed by atoms with Gasteiger partial charge in [-0.15, -0.1) is 0 Å². The van der Waals surface area contributed by atoms with E-state index in [9.17, 15) is 27.2 Å². The molecule has 10 heteroatoms. The molecular weight excluding hydrogens is 416 g/mol. The number of hydrogen-bond acceptors (Lipinski definition) is 3. The zero-order valence-electron chi connectivity index (χ0n) is 16.4. The molecule has 0 unspecified atom stereocenters. The van der Waals surface area contributed by atoms with Crippen LogP contribution in [0.2, 0.25) is 0 Å². The summed E-state index contributed by atoms with van der Waals surface area (Å²) in [5, 5.41) is 6.65. The molecule has 0 bridgehead atoms. The number of carbonyl (C=O) groups is 2. The SMILES string of the molecule is CCN(Cc1cccc(NC(=O)c2ccn(-c3ccccc3F)n2)c1)C(=O)C(F)(F)F. The lowest BCUT2D eigenvalue weighted by atomic mass is 10.2. The summed E-state index contributed by atoms with van der Waals surface area (Å²) in [7, 11) is 0. The summed E-state index contributed by atoms with van der Waals surface area (Å²) in [5.41, 5.74) is 0.932. The highest BCUT2D eigenvalue weighted by Crippen LogP contribution is 2.21. The highest BCUT2D eigenvalue weighted by Gasteiger charge is 2.41. The number of alkyl halides is 3. The van der Waals surface area contributed by atoms with Crippen LogP contribution < -0.4 is 5.32 Å². The summed E-state index contributed by atoms with van der Waals surface area (Å²) in [6.07, 6.45) is -3.52. The van der Waals surface area contributed by atoms with Crippen LogP contribution >= 0.6 is 0 Å². The number of aromatic nitrogens is 2. The van der Waals surface area contributed by atoms with Crippen molar-refractivity contribution in [3.05, 3.63) is 77.9 Å². The van der Waals surface area contributed by atoms with Gasteiger partial charge in [0.05, 0.1) is 0 Å². The maximum atomic E-state index is 13.9. The quantitative estimate of drug-likeness (QED) is 0.592. The Bertz CT molecular complexity index is 1090. The van der Waals surface area contributed by atoms with Crippen molar-refractivity contribution in [2.45, 2.75) is 19.6 Å². The molecule has 0 saturated carbocycles. The number of anilines is 1. The monoisotopic (exact) mass is 434 g/mol. The van der Waals surface area contributed by atoms with Crippen LogP contribution in [0.25, 0.3) is 5.69 Å². The molecule has 0 fully saturated rings. The summed E-state index contributed by atoms with van der Waals surface area (Å²) < 4.78 is 53.2. The van der Waals surface area contributed by atoms with Crippen LogP contribution in [-0.2, 0) is 11.3 Å². The molecule has 0 aliphatic carbocycles. The first-order chi connectivity index (χ1) is 14.7. The van der Waals surface area contributed by atoms with Crippen LogP contribution in [0.3, 0.4) is 0 Å². The second-order valence-corrected chi connectivity index (χ2v) is 6.57. The van der Waals surface area contributed by atoms with Crippen LogP contribution in [-0.4, -0.2) is 39.2 Å². The molecule has 1 N–H and O–H groups in total. The molecule has 0 radical (unpaired) electrons. The fraction of sp³-hybridized carbons (Fsp3) is 0.190. The molecule has 6 nitrogen and oxygen atoms in total. The molecule has 0 aliphatic rings. The van der Waals surface area contributed by atoms with Crippen molar-refractivity contribution < 1.29 is 27.2 Å². The van der Waals surface area contributed by atoms with E-state index in [1.165, 1.54) is 48.1 Å². The van der Waals surface area contributed by atoms with Crippen LogP contribution in [0.5, 0.6) is 0 Å². The minimum atomic E-state index is -4.96. The van der Waals surface area contributed by atoms with Gasteiger partial charge in [0.1, 0.15) is 11.5 Å². The Labute approximate surface area is 175 Å². The van der Waals surface area contributed by atoms with Gasteiger partial charge in [-0.3, -0.25) is 9.59 Å². The second-order valence-electron chi connectivity index (χ2n) is 6.57. The van der Waals surface area contributed by atoms with Crippen molar-refractivity contribution in [3.8, 4) is 5.69 Å². The Morgan fingerprint density at radius 2 is 1.84 bits per heavy atom. The lowest BCUT2D eigenvalue weighted by Gasteiger charge is -2.22. The predicted molar refractivity (Wildman–Crippen MR) is 105 cm³/mol. The fourth-order valence-corrected chi connectivity index (χ4v) is 2.89.